The van der Waals surface area contributed by atoms with Crippen molar-refractivity contribution in [2.45, 2.75) is 19.9 Å². The summed E-state index contributed by atoms with van der Waals surface area (Å²) in [6.45, 7) is 5.34. The minimum atomic E-state index is 0.241. The molecule has 1 aromatic carbocycles. The van der Waals surface area contributed by atoms with Gasteiger partial charge in [0.25, 0.3) is 0 Å². The number of benzene rings is 1. The molecule has 0 radical (unpaired) electrons. The Morgan fingerprint density at radius 2 is 1.89 bits per heavy atom. The van der Waals surface area contributed by atoms with Crippen LogP contribution >= 0.6 is 0 Å². The van der Waals surface area contributed by atoms with Gasteiger partial charge in [-0.2, -0.15) is 0 Å². The largest absolute Gasteiger partial charge is 0.486 e. The predicted octanol–water partition coefficient (Wildman–Crippen LogP) is 1.58. The summed E-state index contributed by atoms with van der Waals surface area (Å²) in [7, 11) is 2.06. The van der Waals surface area contributed by atoms with Crippen LogP contribution in [0, 0.1) is 6.92 Å². The molecule has 18 heavy (non-hydrogen) atoms. The van der Waals surface area contributed by atoms with Crippen molar-refractivity contribution < 1.29 is 14.6 Å². The number of nitrogens with zero attached hydrogens (tertiary/aromatic N) is 1. The summed E-state index contributed by atoms with van der Waals surface area (Å²) in [5, 5.41) is 8.83. The van der Waals surface area contributed by atoms with Gasteiger partial charge >= 0.3 is 0 Å². The lowest BCUT2D eigenvalue weighted by Crippen LogP contribution is -2.21. The standard InChI is InChI=1S/C14H21NO3/c1-11-8-13-14(18-7-6-17-13)9-12(11)10-15(2)4-3-5-16/h8-9,16H,3-7,10H2,1-2H3. The van der Waals surface area contributed by atoms with Gasteiger partial charge in [-0.15, -0.1) is 0 Å². The van der Waals surface area contributed by atoms with E-state index < -0.39 is 0 Å². The summed E-state index contributed by atoms with van der Waals surface area (Å²) in [5.74, 6) is 1.69. The molecule has 0 atom stereocenters. The van der Waals surface area contributed by atoms with E-state index in [1.165, 1.54) is 11.1 Å². The average molecular weight is 251 g/mol. The quantitative estimate of drug-likeness (QED) is 0.862. The zero-order valence-electron chi connectivity index (χ0n) is 11.1. The first-order valence-corrected chi connectivity index (χ1v) is 6.39. The lowest BCUT2D eigenvalue weighted by atomic mass is 10.1. The summed E-state index contributed by atoms with van der Waals surface area (Å²) in [5.41, 5.74) is 2.47. The maximum atomic E-state index is 8.83. The van der Waals surface area contributed by atoms with Crippen molar-refractivity contribution in [1.82, 2.24) is 4.90 Å². The Hall–Kier alpha value is -1.26. The van der Waals surface area contributed by atoms with Crippen molar-refractivity contribution in [3.05, 3.63) is 23.3 Å². The van der Waals surface area contributed by atoms with E-state index >= 15 is 0 Å². The van der Waals surface area contributed by atoms with Crippen LogP contribution in [-0.2, 0) is 6.54 Å². The molecule has 0 fully saturated rings. The highest BCUT2D eigenvalue weighted by Crippen LogP contribution is 2.33. The Morgan fingerprint density at radius 3 is 2.56 bits per heavy atom. The highest BCUT2D eigenvalue weighted by molar-refractivity contribution is 5.47. The Labute approximate surface area is 108 Å². The van der Waals surface area contributed by atoms with Crippen LogP contribution < -0.4 is 9.47 Å². The van der Waals surface area contributed by atoms with Crippen molar-refractivity contribution in [1.29, 1.82) is 0 Å². The molecule has 1 N–H and O–H groups in total. The maximum Gasteiger partial charge on any atom is 0.161 e. The summed E-state index contributed by atoms with van der Waals surface area (Å²) >= 11 is 0. The van der Waals surface area contributed by atoms with Gasteiger partial charge in [0.15, 0.2) is 11.5 Å². The van der Waals surface area contributed by atoms with Crippen LogP contribution in [0.4, 0.5) is 0 Å². The molecule has 1 heterocycles. The molecular weight excluding hydrogens is 230 g/mol. The first kappa shape index (κ1) is 13.2. The predicted molar refractivity (Wildman–Crippen MR) is 70.2 cm³/mol. The molecule has 0 saturated heterocycles. The molecule has 0 aliphatic carbocycles. The molecule has 1 aromatic rings. The van der Waals surface area contributed by atoms with Gasteiger partial charge in [0, 0.05) is 19.7 Å². The zero-order chi connectivity index (χ0) is 13.0. The SMILES string of the molecule is Cc1cc2c(cc1CN(C)CCCO)OCCO2. The summed E-state index contributed by atoms with van der Waals surface area (Å²) in [4.78, 5) is 2.20. The monoisotopic (exact) mass is 251 g/mol. The van der Waals surface area contributed by atoms with Gasteiger partial charge in [-0.3, -0.25) is 0 Å². The van der Waals surface area contributed by atoms with Gasteiger partial charge in [0.2, 0.25) is 0 Å². The molecule has 2 rings (SSSR count). The Balaban J connectivity index is 2.08. The van der Waals surface area contributed by atoms with E-state index in [-0.39, 0.29) is 6.61 Å². The Bertz CT molecular complexity index is 406. The third kappa shape index (κ3) is 3.15. The second-order valence-corrected chi connectivity index (χ2v) is 4.74. The third-order valence-corrected chi connectivity index (χ3v) is 3.14. The first-order valence-electron chi connectivity index (χ1n) is 6.39. The molecule has 4 heteroatoms. The van der Waals surface area contributed by atoms with Crippen LogP contribution in [-0.4, -0.2) is 43.4 Å². The number of fused-ring (bicyclic) bond motifs is 1. The molecule has 0 aromatic heterocycles. The molecule has 4 nitrogen and oxygen atoms in total. The number of hydrogen-bond donors (Lipinski definition) is 1. The highest BCUT2D eigenvalue weighted by Gasteiger charge is 2.14. The van der Waals surface area contributed by atoms with Gasteiger partial charge in [-0.25, -0.2) is 0 Å². The van der Waals surface area contributed by atoms with Gasteiger partial charge in [0.05, 0.1) is 0 Å². The number of aryl methyl sites for hydroxylation is 1. The molecule has 0 unspecified atom stereocenters. The molecule has 1 aliphatic heterocycles. The average Bonchev–Trinajstić information content (AvgIpc) is 2.37. The summed E-state index contributed by atoms with van der Waals surface area (Å²) in [6, 6.07) is 4.11. The molecule has 0 bridgehead atoms. The normalized spacial score (nSPS) is 14.0. The van der Waals surface area contributed by atoms with Gasteiger partial charge < -0.3 is 19.5 Å². The van der Waals surface area contributed by atoms with E-state index in [1.807, 2.05) is 6.07 Å². The van der Waals surface area contributed by atoms with E-state index in [9.17, 15) is 0 Å². The third-order valence-electron chi connectivity index (χ3n) is 3.14. The van der Waals surface area contributed by atoms with E-state index in [1.54, 1.807) is 0 Å². The van der Waals surface area contributed by atoms with Crippen LogP contribution in [0.25, 0.3) is 0 Å². The summed E-state index contributed by atoms with van der Waals surface area (Å²) < 4.78 is 11.2. The minimum absolute atomic E-state index is 0.241. The fraction of sp³-hybridized carbons (Fsp3) is 0.571. The van der Waals surface area contributed by atoms with Gasteiger partial charge in [-0.05, 0) is 43.7 Å². The number of aliphatic hydroxyl groups excluding tert-OH is 1. The first-order chi connectivity index (χ1) is 8.70. The minimum Gasteiger partial charge on any atom is -0.486 e. The van der Waals surface area contributed by atoms with E-state index in [0.29, 0.717) is 13.2 Å². The van der Waals surface area contributed by atoms with Crippen molar-refractivity contribution in [2.75, 3.05) is 33.4 Å². The molecule has 100 valence electrons. The van der Waals surface area contributed by atoms with Crippen LogP contribution in [0.5, 0.6) is 11.5 Å². The van der Waals surface area contributed by atoms with Crippen molar-refractivity contribution >= 4 is 0 Å². The number of ether oxygens (including phenoxy) is 2. The van der Waals surface area contributed by atoms with Crippen LogP contribution in [0.3, 0.4) is 0 Å². The van der Waals surface area contributed by atoms with E-state index in [2.05, 4.69) is 24.9 Å². The van der Waals surface area contributed by atoms with Crippen molar-refractivity contribution in [2.24, 2.45) is 0 Å². The second-order valence-electron chi connectivity index (χ2n) is 4.74. The zero-order valence-corrected chi connectivity index (χ0v) is 11.1. The molecule has 0 spiro atoms. The van der Waals surface area contributed by atoms with E-state index in [4.69, 9.17) is 14.6 Å². The lowest BCUT2D eigenvalue weighted by molar-refractivity contribution is 0.171. The summed E-state index contributed by atoms with van der Waals surface area (Å²) in [6.07, 6.45) is 0.806. The Morgan fingerprint density at radius 1 is 1.22 bits per heavy atom. The second kappa shape index (κ2) is 6.07. The number of hydrogen-bond acceptors (Lipinski definition) is 4. The fourth-order valence-electron chi connectivity index (χ4n) is 2.11. The van der Waals surface area contributed by atoms with Crippen molar-refractivity contribution in [3.8, 4) is 11.5 Å². The van der Waals surface area contributed by atoms with Crippen molar-refractivity contribution in [3.63, 3.8) is 0 Å². The molecule has 0 saturated carbocycles. The van der Waals surface area contributed by atoms with Crippen LogP contribution in [0.2, 0.25) is 0 Å². The molecular formula is C14H21NO3. The van der Waals surface area contributed by atoms with Gasteiger partial charge in [0.1, 0.15) is 13.2 Å². The Kier molecular flexibility index (Phi) is 4.44. The molecule has 0 amide bonds. The number of aliphatic hydroxyl groups is 1. The highest BCUT2D eigenvalue weighted by atomic mass is 16.6. The van der Waals surface area contributed by atoms with Gasteiger partial charge in [-0.1, -0.05) is 0 Å². The van der Waals surface area contributed by atoms with E-state index in [0.717, 1.165) is 31.0 Å². The smallest absolute Gasteiger partial charge is 0.161 e. The van der Waals surface area contributed by atoms with Crippen LogP contribution in [0.1, 0.15) is 17.5 Å². The topological polar surface area (TPSA) is 41.9 Å². The maximum absolute atomic E-state index is 8.83. The van der Waals surface area contributed by atoms with Crippen LogP contribution in [0.15, 0.2) is 12.1 Å². The number of rotatable bonds is 5. The fourth-order valence-corrected chi connectivity index (χ4v) is 2.11. The molecule has 1 aliphatic rings. The lowest BCUT2D eigenvalue weighted by Gasteiger charge is -2.22.